The Morgan fingerprint density at radius 1 is 1.43 bits per heavy atom. The van der Waals surface area contributed by atoms with Crippen molar-refractivity contribution in [1.29, 1.82) is 0 Å². The number of aliphatic hydroxyl groups is 1. The predicted octanol–water partition coefficient (Wildman–Crippen LogP) is 3.59. The van der Waals surface area contributed by atoms with Crippen molar-refractivity contribution in [3.05, 3.63) is 40.1 Å². The van der Waals surface area contributed by atoms with Crippen molar-refractivity contribution in [2.24, 2.45) is 10.2 Å². The maximum absolute atomic E-state index is 10.6. The number of aliphatic hydroxyl groups excluding tert-OH is 1. The number of thiazole rings is 1. The zero-order valence-corrected chi connectivity index (χ0v) is 13.7. The van der Waals surface area contributed by atoms with Gasteiger partial charge < -0.3 is 10.0 Å². The molecule has 0 saturated carbocycles. The van der Waals surface area contributed by atoms with Gasteiger partial charge in [0.05, 0.1) is 17.2 Å². The fraction of sp³-hybridized carbons (Fsp3) is 0.357. The number of azo groups is 1. The lowest BCUT2D eigenvalue weighted by atomic mass is 10.1. The van der Waals surface area contributed by atoms with Crippen LogP contribution in [0.15, 0.2) is 34.6 Å². The number of aromatic nitrogens is 1. The van der Waals surface area contributed by atoms with E-state index in [2.05, 4.69) is 20.1 Å². The van der Waals surface area contributed by atoms with E-state index in [-0.39, 0.29) is 16.7 Å². The minimum Gasteiger partial charge on any atom is -0.395 e. The fourth-order valence-electron chi connectivity index (χ4n) is 2.02. The highest BCUT2D eigenvalue weighted by atomic mass is 32.1. The lowest BCUT2D eigenvalue weighted by molar-refractivity contribution is -0.380. The van der Waals surface area contributed by atoms with E-state index in [1.54, 1.807) is 0 Å². The van der Waals surface area contributed by atoms with Gasteiger partial charge in [-0.2, -0.15) is 0 Å². The Bertz CT molecular complexity index is 716. The van der Waals surface area contributed by atoms with Crippen molar-refractivity contribution in [2.45, 2.75) is 13.8 Å². The maximum Gasteiger partial charge on any atom is 0.345 e. The number of likely N-dealkylation sites (N-methyl/N-ethyl adjacent to an activating group) is 1. The van der Waals surface area contributed by atoms with Gasteiger partial charge in [0, 0.05) is 18.8 Å². The van der Waals surface area contributed by atoms with Crippen LogP contribution in [-0.2, 0) is 0 Å². The number of rotatable bonds is 7. The molecule has 2 rings (SSSR count). The van der Waals surface area contributed by atoms with E-state index in [9.17, 15) is 10.1 Å². The van der Waals surface area contributed by atoms with Gasteiger partial charge in [-0.25, -0.2) is 4.98 Å². The summed E-state index contributed by atoms with van der Waals surface area (Å²) in [4.78, 5) is 16.0. The van der Waals surface area contributed by atoms with Gasteiger partial charge in [0.2, 0.25) is 5.13 Å². The zero-order valence-electron chi connectivity index (χ0n) is 12.8. The van der Waals surface area contributed by atoms with Crippen LogP contribution in [0.1, 0.15) is 12.5 Å². The molecule has 0 aliphatic carbocycles. The Morgan fingerprint density at radius 2 is 2.22 bits per heavy atom. The predicted molar refractivity (Wildman–Crippen MR) is 89.1 cm³/mol. The van der Waals surface area contributed by atoms with Gasteiger partial charge in [-0.3, -0.25) is 10.1 Å². The summed E-state index contributed by atoms with van der Waals surface area (Å²) in [7, 11) is 0. The van der Waals surface area contributed by atoms with Gasteiger partial charge in [-0.05, 0) is 48.9 Å². The first kappa shape index (κ1) is 17.0. The molecule has 9 heteroatoms. The number of anilines is 1. The maximum atomic E-state index is 10.6. The van der Waals surface area contributed by atoms with Crippen LogP contribution in [-0.4, -0.2) is 34.7 Å². The molecule has 0 bridgehead atoms. The molecule has 1 aromatic heterocycles. The second-order valence-corrected chi connectivity index (χ2v) is 5.70. The molecule has 0 unspecified atom stereocenters. The number of nitro groups is 1. The third-order valence-electron chi connectivity index (χ3n) is 3.20. The van der Waals surface area contributed by atoms with Crippen LogP contribution in [0.4, 0.5) is 21.5 Å². The van der Waals surface area contributed by atoms with E-state index in [1.807, 2.05) is 32.0 Å². The molecule has 8 nitrogen and oxygen atoms in total. The molecule has 0 aliphatic rings. The Morgan fingerprint density at radius 3 is 2.78 bits per heavy atom. The Labute approximate surface area is 137 Å². The van der Waals surface area contributed by atoms with Crippen LogP contribution in [0, 0.1) is 17.0 Å². The molecular weight excluding hydrogens is 318 g/mol. The molecule has 0 saturated heterocycles. The van der Waals surface area contributed by atoms with Crippen molar-refractivity contribution in [1.82, 2.24) is 4.98 Å². The molecule has 0 spiro atoms. The standard InChI is InChI=1S/C14H17N5O3S/c1-3-18(6-7-20)11-4-5-12(10(2)8-11)16-17-14-15-9-13(23-14)19(21)22/h4-5,8-9,20H,3,6-7H2,1-2H3. The molecule has 1 heterocycles. The second-order valence-electron chi connectivity index (χ2n) is 4.71. The molecular formula is C14H17N5O3S. The summed E-state index contributed by atoms with van der Waals surface area (Å²) >= 11 is 0.878. The van der Waals surface area contributed by atoms with Crippen molar-refractivity contribution in [3.63, 3.8) is 0 Å². The molecule has 122 valence electrons. The van der Waals surface area contributed by atoms with Gasteiger partial charge in [0.15, 0.2) is 0 Å². The normalized spacial score (nSPS) is 11.1. The number of benzene rings is 1. The molecule has 0 amide bonds. The van der Waals surface area contributed by atoms with Gasteiger partial charge in [-0.15, -0.1) is 10.2 Å². The first-order chi connectivity index (χ1) is 11.0. The lowest BCUT2D eigenvalue weighted by Gasteiger charge is -2.22. The number of hydrogen-bond acceptors (Lipinski definition) is 8. The van der Waals surface area contributed by atoms with Crippen molar-refractivity contribution >= 4 is 32.8 Å². The minimum atomic E-state index is -0.503. The van der Waals surface area contributed by atoms with Crippen LogP contribution in [0.25, 0.3) is 0 Å². The number of aryl methyl sites for hydroxylation is 1. The lowest BCUT2D eigenvalue weighted by Crippen LogP contribution is -2.26. The topological polar surface area (TPSA) is 104 Å². The summed E-state index contributed by atoms with van der Waals surface area (Å²) in [6.07, 6.45) is 1.17. The minimum absolute atomic E-state index is 0.0615. The first-order valence-corrected chi connectivity index (χ1v) is 7.85. The molecule has 2 aromatic rings. The Balaban J connectivity index is 2.16. The summed E-state index contributed by atoms with van der Waals surface area (Å²) in [5.41, 5.74) is 2.60. The van der Waals surface area contributed by atoms with Crippen molar-refractivity contribution in [2.75, 3.05) is 24.6 Å². The molecule has 0 aliphatic heterocycles. The molecule has 0 radical (unpaired) electrons. The van der Waals surface area contributed by atoms with E-state index in [4.69, 9.17) is 5.11 Å². The van der Waals surface area contributed by atoms with Crippen LogP contribution < -0.4 is 4.90 Å². The van der Waals surface area contributed by atoms with Gasteiger partial charge in [0.25, 0.3) is 0 Å². The third kappa shape index (κ3) is 4.30. The van der Waals surface area contributed by atoms with Crippen LogP contribution in [0.3, 0.4) is 0 Å². The average Bonchev–Trinajstić information content (AvgIpc) is 3.00. The van der Waals surface area contributed by atoms with Crippen LogP contribution >= 0.6 is 11.3 Å². The number of hydrogen-bond donors (Lipinski definition) is 1. The highest BCUT2D eigenvalue weighted by Gasteiger charge is 2.11. The van der Waals surface area contributed by atoms with Crippen molar-refractivity contribution in [3.8, 4) is 0 Å². The van der Waals surface area contributed by atoms with E-state index in [0.29, 0.717) is 12.2 Å². The quantitative estimate of drug-likeness (QED) is 0.473. The summed E-state index contributed by atoms with van der Waals surface area (Å²) in [6, 6.07) is 5.71. The Hall–Kier alpha value is -2.39. The molecule has 0 atom stereocenters. The average molecular weight is 335 g/mol. The highest BCUT2D eigenvalue weighted by molar-refractivity contribution is 7.18. The molecule has 23 heavy (non-hydrogen) atoms. The number of nitrogens with zero attached hydrogens (tertiary/aromatic N) is 5. The summed E-state index contributed by atoms with van der Waals surface area (Å²) < 4.78 is 0. The first-order valence-electron chi connectivity index (χ1n) is 7.03. The van der Waals surface area contributed by atoms with Gasteiger partial charge >= 0.3 is 5.00 Å². The molecule has 1 N–H and O–H groups in total. The van der Waals surface area contributed by atoms with E-state index >= 15 is 0 Å². The third-order valence-corrected chi connectivity index (χ3v) is 4.03. The molecule has 1 aromatic carbocycles. The van der Waals surface area contributed by atoms with Crippen LogP contribution in [0.5, 0.6) is 0 Å². The van der Waals surface area contributed by atoms with Crippen LogP contribution in [0.2, 0.25) is 0 Å². The Kier molecular flexibility index (Phi) is 5.72. The fourth-order valence-corrected chi connectivity index (χ4v) is 2.58. The summed E-state index contributed by atoms with van der Waals surface area (Å²) in [5, 5.41) is 27.9. The SMILES string of the molecule is CCN(CCO)c1ccc(N=Nc2ncc([N+](=O)[O-])s2)c(C)c1. The van der Waals surface area contributed by atoms with E-state index in [1.165, 1.54) is 6.20 Å². The zero-order chi connectivity index (χ0) is 16.8. The largest absolute Gasteiger partial charge is 0.395 e. The summed E-state index contributed by atoms with van der Waals surface area (Å²) in [5.74, 6) is 0. The monoisotopic (exact) mass is 335 g/mol. The van der Waals surface area contributed by atoms with Crippen molar-refractivity contribution < 1.29 is 10.0 Å². The van der Waals surface area contributed by atoms with Gasteiger partial charge in [0.1, 0.15) is 6.20 Å². The molecule has 0 fully saturated rings. The van der Waals surface area contributed by atoms with E-state index < -0.39 is 4.92 Å². The van der Waals surface area contributed by atoms with E-state index in [0.717, 1.165) is 29.1 Å². The second kappa shape index (κ2) is 7.75. The smallest absolute Gasteiger partial charge is 0.345 e. The highest BCUT2D eigenvalue weighted by Crippen LogP contribution is 2.30. The summed E-state index contributed by atoms with van der Waals surface area (Å²) in [6.45, 7) is 5.39. The van der Waals surface area contributed by atoms with Gasteiger partial charge in [-0.1, -0.05) is 0 Å².